The molecular formula is C20H18N4O2. The van der Waals surface area contributed by atoms with Gasteiger partial charge in [-0.3, -0.25) is 0 Å². The van der Waals surface area contributed by atoms with E-state index in [9.17, 15) is 5.11 Å². The van der Waals surface area contributed by atoms with Crippen molar-refractivity contribution in [3.8, 4) is 22.8 Å². The molecule has 0 saturated heterocycles. The standard InChI is InChI=1S/C20H18N4O2/c1-26-17-8-2-14(3-9-17)12-21-19-10-11-20-22-13-18(24(20)23-19)15-4-6-16(25)7-5-15/h2-11,13,25H,12H2,1H3,(H,21,23). The van der Waals surface area contributed by atoms with Gasteiger partial charge in [-0.1, -0.05) is 12.1 Å². The molecule has 2 aromatic carbocycles. The van der Waals surface area contributed by atoms with Gasteiger partial charge in [-0.05, 0) is 54.1 Å². The van der Waals surface area contributed by atoms with Crippen molar-refractivity contribution in [3.05, 3.63) is 72.4 Å². The Morgan fingerprint density at radius 1 is 1.00 bits per heavy atom. The van der Waals surface area contributed by atoms with Crippen LogP contribution in [0, 0.1) is 0 Å². The molecule has 2 N–H and O–H groups in total. The summed E-state index contributed by atoms with van der Waals surface area (Å²) in [5, 5.41) is 17.4. The lowest BCUT2D eigenvalue weighted by Crippen LogP contribution is -2.04. The van der Waals surface area contributed by atoms with Gasteiger partial charge in [0, 0.05) is 12.1 Å². The average Bonchev–Trinajstić information content (AvgIpc) is 3.10. The van der Waals surface area contributed by atoms with Gasteiger partial charge in [0.05, 0.1) is 19.0 Å². The number of phenolic OH excluding ortho intramolecular Hbond substituents is 1. The first-order valence-electron chi connectivity index (χ1n) is 8.24. The van der Waals surface area contributed by atoms with Crippen LogP contribution in [0.3, 0.4) is 0 Å². The molecule has 0 aliphatic heterocycles. The van der Waals surface area contributed by atoms with Crippen LogP contribution in [0.15, 0.2) is 66.9 Å². The molecule has 2 heterocycles. The van der Waals surface area contributed by atoms with Crippen LogP contribution in [0.5, 0.6) is 11.5 Å². The van der Waals surface area contributed by atoms with E-state index in [-0.39, 0.29) is 5.75 Å². The number of anilines is 1. The number of hydrogen-bond acceptors (Lipinski definition) is 5. The highest BCUT2D eigenvalue weighted by atomic mass is 16.5. The minimum atomic E-state index is 0.234. The van der Waals surface area contributed by atoms with Gasteiger partial charge in [0.25, 0.3) is 0 Å². The Hall–Kier alpha value is -3.54. The maximum Gasteiger partial charge on any atom is 0.154 e. The smallest absolute Gasteiger partial charge is 0.154 e. The molecule has 0 aliphatic carbocycles. The predicted molar refractivity (Wildman–Crippen MR) is 100 cm³/mol. The fourth-order valence-electron chi connectivity index (χ4n) is 2.73. The molecular weight excluding hydrogens is 328 g/mol. The molecule has 4 rings (SSSR count). The summed E-state index contributed by atoms with van der Waals surface area (Å²) >= 11 is 0. The van der Waals surface area contributed by atoms with E-state index in [0.717, 1.165) is 34.0 Å². The second-order valence-corrected chi connectivity index (χ2v) is 5.88. The molecule has 0 atom stereocenters. The van der Waals surface area contributed by atoms with E-state index in [2.05, 4.69) is 15.4 Å². The van der Waals surface area contributed by atoms with Gasteiger partial charge < -0.3 is 15.2 Å². The van der Waals surface area contributed by atoms with Crippen LogP contribution in [0.25, 0.3) is 16.9 Å². The normalized spacial score (nSPS) is 10.8. The quantitative estimate of drug-likeness (QED) is 0.576. The minimum Gasteiger partial charge on any atom is -0.508 e. The van der Waals surface area contributed by atoms with Gasteiger partial charge in [-0.15, -0.1) is 5.10 Å². The van der Waals surface area contributed by atoms with Crippen molar-refractivity contribution in [2.24, 2.45) is 0 Å². The molecule has 6 heteroatoms. The van der Waals surface area contributed by atoms with E-state index in [1.807, 2.05) is 48.5 Å². The lowest BCUT2D eigenvalue weighted by Gasteiger charge is -2.08. The third kappa shape index (κ3) is 3.17. The van der Waals surface area contributed by atoms with Crippen molar-refractivity contribution < 1.29 is 9.84 Å². The van der Waals surface area contributed by atoms with Crippen molar-refractivity contribution in [2.75, 3.05) is 12.4 Å². The maximum absolute atomic E-state index is 9.47. The molecule has 0 spiro atoms. The Labute approximate surface area is 150 Å². The van der Waals surface area contributed by atoms with Crippen molar-refractivity contribution >= 4 is 11.5 Å². The second kappa shape index (κ2) is 6.76. The number of imidazole rings is 1. The molecule has 130 valence electrons. The molecule has 0 fully saturated rings. The first kappa shape index (κ1) is 16.0. The molecule has 0 radical (unpaired) electrons. The number of fused-ring (bicyclic) bond motifs is 1. The molecule has 4 aromatic rings. The first-order valence-corrected chi connectivity index (χ1v) is 8.24. The number of methoxy groups -OCH3 is 1. The SMILES string of the molecule is COc1ccc(CNc2ccc3ncc(-c4ccc(O)cc4)n3n2)cc1. The van der Waals surface area contributed by atoms with Crippen LogP contribution in [0.1, 0.15) is 5.56 Å². The highest BCUT2D eigenvalue weighted by molar-refractivity contribution is 5.64. The summed E-state index contributed by atoms with van der Waals surface area (Å²) in [6, 6.07) is 18.7. The Balaban J connectivity index is 1.58. The number of rotatable bonds is 5. The molecule has 6 nitrogen and oxygen atoms in total. The van der Waals surface area contributed by atoms with Gasteiger partial charge in [0.1, 0.15) is 17.3 Å². The van der Waals surface area contributed by atoms with Crippen LogP contribution in [0.2, 0.25) is 0 Å². The van der Waals surface area contributed by atoms with Gasteiger partial charge in [0.2, 0.25) is 0 Å². The van der Waals surface area contributed by atoms with Crippen LogP contribution in [-0.2, 0) is 6.54 Å². The van der Waals surface area contributed by atoms with E-state index in [0.29, 0.717) is 6.54 Å². The maximum atomic E-state index is 9.47. The number of phenols is 1. The number of aromatic nitrogens is 3. The second-order valence-electron chi connectivity index (χ2n) is 5.88. The zero-order valence-electron chi connectivity index (χ0n) is 14.3. The fraction of sp³-hybridized carbons (Fsp3) is 0.100. The molecule has 26 heavy (non-hydrogen) atoms. The summed E-state index contributed by atoms with van der Waals surface area (Å²) in [7, 11) is 1.66. The Kier molecular flexibility index (Phi) is 4.15. The van der Waals surface area contributed by atoms with Crippen LogP contribution >= 0.6 is 0 Å². The fourth-order valence-corrected chi connectivity index (χ4v) is 2.73. The lowest BCUT2D eigenvalue weighted by atomic mass is 10.2. The van der Waals surface area contributed by atoms with E-state index < -0.39 is 0 Å². The summed E-state index contributed by atoms with van der Waals surface area (Å²) < 4.78 is 6.97. The Bertz CT molecular complexity index is 1020. The number of hydrogen-bond donors (Lipinski definition) is 2. The number of benzene rings is 2. The topological polar surface area (TPSA) is 71.7 Å². The molecule has 2 aromatic heterocycles. The van der Waals surface area contributed by atoms with Crippen molar-refractivity contribution in [1.29, 1.82) is 0 Å². The number of ether oxygens (including phenoxy) is 1. The number of nitrogens with one attached hydrogen (secondary N) is 1. The Morgan fingerprint density at radius 2 is 1.77 bits per heavy atom. The van der Waals surface area contributed by atoms with E-state index in [4.69, 9.17) is 4.74 Å². The van der Waals surface area contributed by atoms with Crippen LogP contribution in [-0.4, -0.2) is 26.8 Å². The summed E-state index contributed by atoms with van der Waals surface area (Å²) in [6.07, 6.45) is 1.78. The first-order chi connectivity index (χ1) is 12.7. The summed E-state index contributed by atoms with van der Waals surface area (Å²) in [5.41, 5.74) is 3.71. The summed E-state index contributed by atoms with van der Waals surface area (Å²) in [5.74, 6) is 1.83. The van der Waals surface area contributed by atoms with Crippen molar-refractivity contribution in [3.63, 3.8) is 0 Å². The lowest BCUT2D eigenvalue weighted by molar-refractivity contribution is 0.414. The van der Waals surface area contributed by atoms with Crippen LogP contribution in [0.4, 0.5) is 5.82 Å². The van der Waals surface area contributed by atoms with Crippen molar-refractivity contribution in [2.45, 2.75) is 6.54 Å². The zero-order valence-corrected chi connectivity index (χ0v) is 14.3. The molecule has 0 amide bonds. The van der Waals surface area contributed by atoms with Gasteiger partial charge in [-0.25, -0.2) is 9.50 Å². The van der Waals surface area contributed by atoms with E-state index in [1.54, 1.807) is 30.0 Å². The molecule has 0 bridgehead atoms. The van der Waals surface area contributed by atoms with Gasteiger partial charge in [-0.2, -0.15) is 0 Å². The van der Waals surface area contributed by atoms with E-state index >= 15 is 0 Å². The average molecular weight is 346 g/mol. The largest absolute Gasteiger partial charge is 0.508 e. The number of nitrogens with zero attached hydrogens (tertiary/aromatic N) is 3. The predicted octanol–water partition coefficient (Wildman–Crippen LogP) is 3.72. The molecule has 0 unspecified atom stereocenters. The van der Waals surface area contributed by atoms with E-state index in [1.165, 1.54) is 0 Å². The number of aromatic hydroxyl groups is 1. The van der Waals surface area contributed by atoms with Crippen molar-refractivity contribution in [1.82, 2.24) is 14.6 Å². The van der Waals surface area contributed by atoms with Crippen LogP contribution < -0.4 is 10.1 Å². The third-order valence-electron chi connectivity index (χ3n) is 4.16. The van der Waals surface area contributed by atoms with Gasteiger partial charge >= 0.3 is 0 Å². The zero-order chi connectivity index (χ0) is 17.9. The monoisotopic (exact) mass is 346 g/mol. The Morgan fingerprint density at radius 3 is 2.50 bits per heavy atom. The highest BCUT2D eigenvalue weighted by Gasteiger charge is 2.08. The minimum absolute atomic E-state index is 0.234. The third-order valence-corrected chi connectivity index (χ3v) is 4.16. The summed E-state index contributed by atoms with van der Waals surface area (Å²) in [4.78, 5) is 4.39. The van der Waals surface area contributed by atoms with Gasteiger partial charge in [0.15, 0.2) is 5.65 Å². The molecule has 0 saturated carbocycles. The highest BCUT2D eigenvalue weighted by Crippen LogP contribution is 2.23. The summed E-state index contributed by atoms with van der Waals surface area (Å²) in [6.45, 7) is 0.658. The molecule has 0 aliphatic rings.